The van der Waals surface area contributed by atoms with Crippen molar-refractivity contribution >= 4 is 33.2 Å². The highest BCUT2D eigenvalue weighted by atomic mass is 79.9. The Morgan fingerprint density at radius 2 is 1.95 bits per heavy atom. The van der Waals surface area contributed by atoms with Crippen LogP contribution in [0.15, 0.2) is 36.4 Å². The summed E-state index contributed by atoms with van der Waals surface area (Å²) in [4.78, 5) is 10.4. The van der Waals surface area contributed by atoms with Crippen molar-refractivity contribution in [3.8, 4) is 5.75 Å². The molecule has 2 aromatic carbocycles. The van der Waals surface area contributed by atoms with Gasteiger partial charge in [0, 0.05) is 11.4 Å². The van der Waals surface area contributed by atoms with Gasteiger partial charge in [0.1, 0.15) is 12.4 Å². The van der Waals surface area contributed by atoms with Gasteiger partial charge in [-0.25, -0.2) is 4.39 Å². The molecule has 0 saturated heterocycles. The molecule has 0 unspecified atom stereocenters. The summed E-state index contributed by atoms with van der Waals surface area (Å²) in [6.45, 7) is 0.0146. The zero-order chi connectivity index (χ0) is 15.4. The van der Waals surface area contributed by atoms with Gasteiger partial charge in [0.15, 0.2) is 5.75 Å². The number of nitrogens with zero attached hydrogens (tertiary/aromatic N) is 1. The number of nitro benzene ring substituents is 1. The Hall–Kier alpha value is -1.66. The van der Waals surface area contributed by atoms with Crippen LogP contribution in [-0.4, -0.2) is 4.92 Å². The van der Waals surface area contributed by atoms with E-state index in [2.05, 4.69) is 15.9 Å². The highest BCUT2D eigenvalue weighted by Crippen LogP contribution is 2.29. The molecule has 0 fully saturated rings. The van der Waals surface area contributed by atoms with E-state index in [0.717, 1.165) is 5.56 Å². The Balaban J connectivity index is 2.21. The first-order valence-corrected chi connectivity index (χ1v) is 7.41. The van der Waals surface area contributed by atoms with Gasteiger partial charge in [0.2, 0.25) is 0 Å². The average molecular weight is 375 g/mol. The second kappa shape index (κ2) is 6.87. The van der Waals surface area contributed by atoms with Crippen LogP contribution in [0.25, 0.3) is 0 Å². The molecule has 2 aromatic rings. The molecular formula is C14H10BrClFNO3. The highest BCUT2D eigenvalue weighted by molar-refractivity contribution is 9.08. The predicted molar refractivity (Wildman–Crippen MR) is 81.5 cm³/mol. The summed E-state index contributed by atoms with van der Waals surface area (Å²) >= 11 is 8.87. The van der Waals surface area contributed by atoms with Crippen LogP contribution in [0.3, 0.4) is 0 Å². The van der Waals surface area contributed by atoms with E-state index in [9.17, 15) is 14.5 Å². The van der Waals surface area contributed by atoms with Crippen molar-refractivity contribution in [1.82, 2.24) is 0 Å². The Kier molecular flexibility index (Phi) is 5.14. The molecule has 0 atom stereocenters. The van der Waals surface area contributed by atoms with E-state index >= 15 is 0 Å². The number of rotatable bonds is 5. The molecule has 21 heavy (non-hydrogen) atoms. The van der Waals surface area contributed by atoms with Crippen molar-refractivity contribution < 1.29 is 14.1 Å². The van der Waals surface area contributed by atoms with E-state index in [1.165, 1.54) is 18.2 Å². The molecule has 0 heterocycles. The largest absolute Gasteiger partial charge is 0.482 e. The van der Waals surface area contributed by atoms with E-state index in [1.807, 2.05) is 0 Å². The molecule has 2 rings (SSSR count). The summed E-state index contributed by atoms with van der Waals surface area (Å²) in [5.41, 5.74) is 1.25. The number of ether oxygens (including phenoxy) is 1. The topological polar surface area (TPSA) is 52.4 Å². The van der Waals surface area contributed by atoms with E-state index in [-0.39, 0.29) is 23.1 Å². The van der Waals surface area contributed by atoms with Crippen LogP contribution in [-0.2, 0) is 11.9 Å². The summed E-state index contributed by atoms with van der Waals surface area (Å²) in [5, 5.41) is 11.5. The first-order valence-electron chi connectivity index (χ1n) is 5.91. The number of nitro groups is 1. The lowest BCUT2D eigenvalue weighted by molar-refractivity contribution is -0.386. The summed E-state index contributed by atoms with van der Waals surface area (Å²) in [5.74, 6) is -0.409. The predicted octanol–water partition coefficient (Wildman–Crippen LogP) is 4.86. The number of halogens is 3. The molecule has 0 saturated carbocycles. The average Bonchev–Trinajstić information content (AvgIpc) is 2.48. The number of hydrogen-bond acceptors (Lipinski definition) is 3. The first-order chi connectivity index (χ1) is 10.0. The van der Waals surface area contributed by atoms with Crippen LogP contribution in [0.5, 0.6) is 5.75 Å². The van der Waals surface area contributed by atoms with Crippen LogP contribution >= 0.6 is 27.5 Å². The maximum Gasteiger partial charge on any atom is 0.310 e. The SMILES string of the molecule is O=[N+]([O-])c1ccc(CBr)cc1OCc1ccc(Cl)c(F)c1. The molecule has 0 aliphatic carbocycles. The number of alkyl halides is 1. The van der Waals surface area contributed by atoms with Crippen LogP contribution in [0, 0.1) is 15.9 Å². The monoisotopic (exact) mass is 373 g/mol. The first kappa shape index (κ1) is 15.7. The lowest BCUT2D eigenvalue weighted by Gasteiger charge is -2.08. The Labute approximate surface area is 133 Å². The maximum atomic E-state index is 13.3. The van der Waals surface area contributed by atoms with E-state index in [1.54, 1.807) is 18.2 Å². The summed E-state index contributed by atoms with van der Waals surface area (Å²) in [7, 11) is 0. The summed E-state index contributed by atoms with van der Waals surface area (Å²) in [6, 6.07) is 8.86. The van der Waals surface area contributed by atoms with E-state index < -0.39 is 10.7 Å². The lowest BCUT2D eigenvalue weighted by atomic mass is 10.2. The second-order valence-corrected chi connectivity index (χ2v) is 5.20. The molecule has 0 radical (unpaired) electrons. The summed E-state index contributed by atoms with van der Waals surface area (Å²) < 4.78 is 18.8. The minimum absolute atomic E-state index is 0.0146. The smallest absolute Gasteiger partial charge is 0.310 e. The molecule has 0 aromatic heterocycles. The Morgan fingerprint density at radius 1 is 1.24 bits per heavy atom. The number of hydrogen-bond donors (Lipinski definition) is 0. The van der Waals surface area contributed by atoms with Gasteiger partial charge in [-0.2, -0.15) is 0 Å². The second-order valence-electron chi connectivity index (χ2n) is 4.23. The molecule has 4 nitrogen and oxygen atoms in total. The van der Waals surface area contributed by atoms with Crippen molar-refractivity contribution in [3.63, 3.8) is 0 Å². The van der Waals surface area contributed by atoms with Gasteiger partial charge in [0.25, 0.3) is 0 Å². The molecule has 110 valence electrons. The minimum atomic E-state index is -0.554. The molecule has 0 spiro atoms. The molecule has 0 N–H and O–H groups in total. The van der Waals surface area contributed by atoms with Crippen molar-refractivity contribution in [2.45, 2.75) is 11.9 Å². The quantitative estimate of drug-likeness (QED) is 0.426. The molecule has 7 heteroatoms. The highest BCUT2D eigenvalue weighted by Gasteiger charge is 2.15. The molecule has 0 aliphatic rings. The third-order valence-corrected chi connectivity index (χ3v) is 3.71. The maximum absolute atomic E-state index is 13.3. The third kappa shape index (κ3) is 3.92. The van der Waals surface area contributed by atoms with Crippen molar-refractivity contribution in [3.05, 3.63) is 68.5 Å². The van der Waals surface area contributed by atoms with Gasteiger partial charge in [-0.1, -0.05) is 39.7 Å². The fourth-order valence-corrected chi connectivity index (χ4v) is 2.16. The van der Waals surface area contributed by atoms with Gasteiger partial charge in [0.05, 0.1) is 9.95 Å². The normalized spacial score (nSPS) is 10.4. The minimum Gasteiger partial charge on any atom is -0.482 e. The molecule has 0 amide bonds. The van der Waals surface area contributed by atoms with Crippen LogP contribution < -0.4 is 4.74 Å². The van der Waals surface area contributed by atoms with Crippen molar-refractivity contribution in [1.29, 1.82) is 0 Å². The van der Waals surface area contributed by atoms with E-state index in [4.69, 9.17) is 16.3 Å². The van der Waals surface area contributed by atoms with Gasteiger partial charge in [-0.05, 0) is 29.3 Å². The molecule has 0 aliphatic heterocycles. The zero-order valence-corrected chi connectivity index (χ0v) is 13.0. The summed E-state index contributed by atoms with van der Waals surface area (Å²) in [6.07, 6.45) is 0. The Bertz CT molecular complexity index is 681. The fraction of sp³-hybridized carbons (Fsp3) is 0.143. The lowest BCUT2D eigenvalue weighted by Crippen LogP contribution is -2.00. The van der Waals surface area contributed by atoms with Gasteiger partial charge in [-0.3, -0.25) is 10.1 Å². The Morgan fingerprint density at radius 3 is 2.57 bits per heavy atom. The molecule has 0 bridgehead atoms. The van der Waals surface area contributed by atoms with Crippen molar-refractivity contribution in [2.24, 2.45) is 0 Å². The zero-order valence-electron chi connectivity index (χ0n) is 10.7. The fourth-order valence-electron chi connectivity index (χ4n) is 1.70. The standard InChI is InChI=1S/C14H10BrClFNO3/c15-7-9-2-4-13(18(19)20)14(6-9)21-8-10-1-3-11(16)12(17)5-10/h1-6H,7-8H2. The van der Waals surface area contributed by atoms with Gasteiger partial charge < -0.3 is 4.74 Å². The van der Waals surface area contributed by atoms with Gasteiger partial charge in [-0.15, -0.1) is 0 Å². The third-order valence-electron chi connectivity index (χ3n) is 2.75. The van der Waals surface area contributed by atoms with E-state index in [0.29, 0.717) is 10.9 Å². The van der Waals surface area contributed by atoms with Crippen molar-refractivity contribution in [2.75, 3.05) is 0 Å². The van der Waals surface area contributed by atoms with Crippen LogP contribution in [0.2, 0.25) is 5.02 Å². The van der Waals surface area contributed by atoms with Crippen LogP contribution in [0.4, 0.5) is 10.1 Å². The van der Waals surface area contributed by atoms with Gasteiger partial charge >= 0.3 is 5.69 Å². The molecular weight excluding hydrogens is 365 g/mol. The van der Waals surface area contributed by atoms with Crippen LogP contribution in [0.1, 0.15) is 11.1 Å². The number of benzene rings is 2.